The minimum atomic E-state index is -0.0836. The number of hydrogen-bond acceptors (Lipinski definition) is 5. The van der Waals surface area contributed by atoms with Crippen LogP contribution < -0.4 is 15.8 Å². The summed E-state index contributed by atoms with van der Waals surface area (Å²) in [6, 6.07) is 8.47. The Bertz CT molecular complexity index is 852. The van der Waals surface area contributed by atoms with Gasteiger partial charge in [-0.05, 0) is 18.7 Å². The van der Waals surface area contributed by atoms with Crippen LogP contribution in [0.15, 0.2) is 47.9 Å². The molecular weight excluding hydrogens is 338 g/mol. The van der Waals surface area contributed by atoms with Crippen LogP contribution in [0.3, 0.4) is 0 Å². The predicted octanol–water partition coefficient (Wildman–Crippen LogP) is 2.43. The Kier molecular flexibility index (Phi) is 5.96. The third kappa shape index (κ3) is 4.22. The fourth-order valence-corrected chi connectivity index (χ4v) is 3.46. The topological polar surface area (TPSA) is 53.4 Å². The maximum absolute atomic E-state index is 12.5. The molecule has 6 heteroatoms. The first kappa shape index (κ1) is 19.2. The van der Waals surface area contributed by atoms with Crippen molar-refractivity contribution >= 4 is 11.4 Å². The first-order valence-corrected chi connectivity index (χ1v) is 9.45. The molecule has 1 aromatic heterocycles. The highest BCUT2D eigenvalue weighted by Crippen LogP contribution is 2.25. The molecule has 0 saturated carbocycles. The number of rotatable bonds is 6. The lowest BCUT2D eigenvalue weighted by Crippen LogP contribution is -2.44. The Labute approximate surface area is 161 Å². The molecule has 6 nitrogen and oxygen atoms in total. The van der Waals surface area contributed by atoms with Gasteiger partial charge in [0.1, 0.15) is 0 Å². The number of likely N-dealkylation sites (N-methyl/N-ethyl adjacent to an activating group) is 1. The quantitative estimate of drug-likeness (QED) is 0.795. The van der Waals surface area contributed by atoms with Gasteiger partial charge in [0.2, 0.25) is 0 Å². The van der Waals surface area contributed by atoms with Crippen LogP contribution in [-0.2, 0) is 13.6 Å². The van der Waals surface area contributed by atoms with E-state index in [1.165, 1.54) is 15.9 Å². The van der Waals surface area contributed by atoms with Crippen molar-refractivity contribution in [1.29, 1.82) is 0 Å². The van der Waals surface area contributed by atoms with E-state index in [1.807, 2.05) is 6.92 Å². The average Bonchev–Trinajstić information content (AvgIpc) is 2.69. The van der Waals surface area contributed by atoms with Gasteiger partial charge in [0.15, 0.2) is 0 Å². The summed E-state index contributed by atoms with van der Waals surface area (Å²) in [4.78, 5) is 17.3. The van der Waals surface area contributed by atoms with Crippen LogP contribution in [0.5, 0.6) is 0 Å². The lowest BCUT2D eigenvalue weighted by Gasteiger charge is -2.35. The number of benzene rings is 1. The van der Waals surface area contributed by atoms with E-state index in [1.54, 1.807) is 19.3 Å². The molecule has 2 aromatic rings. The Morgan fingerprint density at radius 2 is 1.93 bits per heavy atom. The van der Waals surface area contributed by atoms with Crippen molar-refractivity contribution in [3.63, 3.8) is 0 Å². The molecular formula is C21H29N5O. The smallest absolute Gasteiger partial charge is 0.272 e. The first-order chi connectivity index (χ1) is 13.0. The van der Waals surface area contributed by atoms with Crippen LogP contribution in [0.2, 0.25) is 0 Å². The highest BCUT2D eigenvalue weighted by Gasteiger charge is 2.18. The zero-order valence-electron chi connectivity index (χ0n) is 16.5. The summed E-state index contributed by atoms with van der Waals surface area (Å²) in [6.45, 7) is 10.7. The van der Waals surface area contributed by atoms with E-state index in [-0.39, 0.29) is 11.5 Å². The van der Waals surface area contributed by atoms with Gasteiger partial charge in [0.05, 0.1) is 17.4 Å². The van der Waals surface area contributed by atoms with E-state index in [2.05, 4.69) is 58.1 Å². The van der Waals surface area contributed by atoms with E-state index in [4.69, 9.17) is 0 Å². The SMILES string of the molecule is C=C[C@H](C)c1c(NCc2ccccc2N2CCN(C)CC2)cnn(C)c1=O. The number of aryl methyl sites for hydroxylation is 1. The summed E-state index contributed by atoms with van der Waals surface area (Å²) in [5.41, 5.74) is 3.88. The lowest BCUT2D eigenvalue weighted by molar-refractivity contribution is 0.312. The largest absolute Gasteiger partial charge is 0.379 e. The number of hydrogen-bond donors (Lipinski definition) is 1. The maximum Gasteiger partial charge on any atom is 0.272 e. The second kappa shape index (κ2) is 8.39. The van der Waals surface area contributed by atoms with Crippen molar-refractivity contribution in [3.05, 3.63) is 64.6 Å². The fourth-order valence-electron chi connectivity index (χ4n) is 3.46. The molecule has 1 aliphatic rings. The fraction of sp³-hybridized carbons (Fsp3) is 0.429. The normalized spacial score (nSPS) is 16.2. The number of allylic oxidation sites excluding steroid dienone is 1. The van der Waals surface area contributed by atoms with E-state index < -0.39 is 0 Å². The van der Waals surface area contributed by atoms with Crippen LogP contribution in [-0.4, -0.2) is 47.9 Å². The predicted molar refractivity (Wildman–Crippen MR) is 112 cm³/mol. The number of para-hydroxylation sites is 1. The number of anilines is 2. The summed E-state index contributed by atoms with van der Waals surface area (Å²) in [6.07, 6.45) is 3.52. The zero-order valence-corrected chi connectivity index (χ0v) is 16.5. The third-order valence-corrected chi connectivity index (χ3v) is 5.29. The molecule has 144 valence electrons. The van der Waals surface area contributed by atoms with Crippen molar-refractivity contribution in [1.82, 2.24) is 14.7 Å². The van der Waals surface area contributed by atoms with Gasteiger partial charge in [-0.2, -0.15) is 5.10 Å². The van der Waals surface area contributed by atoms with Crippen molar-refractivity contribution in [2.75, 3.05) is 43.4 Å². The molecule has 0 radical (unpaired) electrons. The molecule has 0 bridgehead atoms. The van der Waals surface area contributed by atoms with E-state index in [9.17, 15) is 4.79 Å². The van der Waals surface area contributed by atoms with Crippen LogP contribution in [0.4, 0.5) is 11.4 Å². The summed E-state index contributed by atoms with van der Waals surface area (Å²) in [5.74, 6) is -0.0397. The van der Waals surface area contributed by atoms with Crippen molar-refractivity contribution in [2.24, 2.45) is 7.05 Å². The molecule has 1 N–H and O–H groups in total. The highest BCUT2D eigenvalue weighted by atomic mass is 16.1. The van der Waals surface area contributed by atoms with Crippen molar-refractivity contribution in [3.8, 4) is 0 Å². The van der Waals surface area contributed by atoms with Crippen molar-refractivity contribution < 1.29 is 0 Å². The standard InChI is InChI=1S/C21H29N5O/c1-5-16(2)20-18(15-23-25(4)21(20)27)22-14-17-8-6-7-9-19(17)26-12-10-24(3)11-13-26/h5-9,15-16,22H,1,10-14H2,2-4H3/t16-/m0/s1. The first-order valence-electron chi connectivity index (χ1n) is 9.45. The molecule has 1 saturated heterocycles. The monoisotopic (exact) mass is 367 g/mol. The van der Waals surface area contributed by atoms with Gasteiger partial charge in [-0.1, -0.05) is 31.2 Å². The molecule has 3 rings (SSSR count). The van der Waals surface area contributed by atoms with Gasteiger partial charge in [-0.3, -0.25) is 4.79 Å². The zero-order chi connectivity index (χ0) is 19.4. The van der Waals surface area contributed by atoms with Gasteiger partial charge in [-0.15, -0.1) is 6.58 Å². The third-order valence-electron chi connectivity index (χ3n) is 5.29. The number of aromatic nitrogens is 2. The van der Waals surface area contributed by atoms with Gasteiger partial charge >= 0.3 is 0 Å². The average molecular weight is 367 g/mol. The second-order valence-corrected chi connectivity index (χ2v) is 7.20. The molecule has 1 atom stereocenters. The van der Waals surface area contributed by atoms with Crippen LogP contribution in [0.25, 0.3) is 0 Å². The Balaban J connectivity index is 1.83. The minimum Gasteiger partial charge on any atom is -0.379 e. The van der Waals surface area contributed by atoms with Gasteiger partial charge in [0, 0.05) is 51.4 Å². The maximum atomic E-state index is 12.5. The van der Waals surface area contributed by atoms with Gasteiger partial charge in [-0.25, -0.2) is 4.68 Å². The summed E-state index contributed by atoms with van der Waals surface area (Å²) in [7, 11) is 3.84. The highest BCUT2D eigenvalue weighted by molar-refractivity contribution is 5.57. The number of nitrogens with one attached hydrogen (secondary N) is 1. The minimum absolute atomic E-state index is 0.0397. The number of nitrogens with zero attached hydrogens (tertiary/aromatic N) is 4. The number of piperazine rings is 1. The summed E-state index contributed by atoms with van der Waals surface area (Å²) >= 11 is 0. The van der Waals surface area contributed by atoms with Crippen LogP contribution >= 0.6 is 0 Å². The molecule has 1 fully saturated rings. The van der Waals surface area contributed by atoms with Gasteiger partial charge < -0.3 is 15.1 Å². The van der Waals surface area contributed by atoms with Gasteiger partial charge in [0.25, 0.3) is 5.56 Å². The van der Waals surface area contributed by atoms with Crippen LogP contribution in [0.1, 0.15) is 24.0 Å². The molecule has 0 amide bonds. The van der Waals surface area contributed by atoms with Crippen LogP contribution in [0, 0.1) is 0 Å². The Hall–Kier alpha value is -2.60. The molecule has 1 aromatic carbocycles. The van der Waals surface area contributed by atoms with E-state index >= 15 is 0 Å². The van der Waals surface area contributed by atoms with E-state index in [0.717, 1.165) is 31.9 Å². The molecule has 0 unspecified atom stereocenters. The summed E-state index contributed by atoms with van der Waals surface area (Å²) in [5, 5.41) is 7.62. The molecule has 27 heavy (non-hydrogen) atoms. The molecule has 0 spiro atoms. The molecule has 2 heterocycles. The lowest BCUT2D eigenvalue weighted by atomic mass is 10.0. The Morgan fingerprint density at radius 1 is 1.22 bits per heavy atom. The summed E-state index contributed by atoms with van der Waals surface area (Å²) < 4.78 is 1.37. The second-order valence-electron chi connectivity index (χ2n) is 7.20. The Morgan fingerprint density at radius 3 is 2.63 bits per heavy atom. The van der Waals surface area contributed by atoms with E-state index in [0.29, 0.717) is 12.1 Å². The molecule has 0 aliphatic carbocycles. The molecule has 1 aliphatic heterocycles. The van der Waals surface area contributed by atoms with Crippen molar-refractivity contribution in [2.45, 2.75) is 19.4 Å².